The van der Waals surface area contributed by atoms with Gasteiger partial charge >= 0.3 is 0 Å². The molecule has 0 aliphatic rings. The number of carbonyl (C=O) groups excluding carboxylic acids is 1. The van der Waals surface area contributed by atoms with Gasteiger partial charge in [-0.05, 0) is 66.6 Å². The Morgan fingerprint density at radius 1 is 1.03 bits per heavy atom. The SMILES string of the molecule is [C-]#[N+]c1ccc(NC(=O)[C@@](O)(CSc2ccc(F)cc2)Cc2cc(F)cc(F)c2)cc1C. The molecule has 3 aromatic carbocycles. The van der Waals surface area contributed by atoms with Crippen LogP contribution in [0.2, 0.25) is 0 Å². The van der Waals surface area contributed by atoms with Crippen LogP contribution in [0.15, 0.2) is 65.6 Å². The van der Waals surface area contributed by atoms with Crippen molar-refractivity contribution in [1.29, 1.82) is 0 Å². The van der Waals surface area contributed by atoms with Crippen LogP contribution < -0.4 is 5.32 Å². The van der Waals surface area contributed by atoms with Crippen molar-refractivity contribution < 1.29 is 23.1 Å². The fourth-order valence-corrected chi connectivity index (χ4v) is 4.05. The second-order valence-corrected chi connectivity index (χ2v) is 8.34. The standard InChI is InChI=1S/C24H19F3N2O2S/c1-15-9-20(5-8-22(15)28-2)29-23(30)24(31,13-16-10-18(26)12-19(27)11-16)14-32-21-6-3-17(25)4-7-21/h3-12,31H,13-14H2,1H3,(H,29,30)/t24-/m0/s1. The Morgan fingerprint density at radius 2 is 1.69 bits per heavy atom. The summed E-state index contributed by atoms with van der Waals surface area (Å²) < 4.78 is 40.5. The van der Waals surface area contributed by atoms with Crippen LogP contribution in [0.25, 0.3) is 4.85 Å². The summed E-state index contributed by atoms with van der Waals surface area (Å²) in [7, 11) is 0. The molecule has 3 aromatic rings. The lowest BCUT2D eigenvalue weighted by Crippen LogP contribution is -2.47. The zero-order chi connectivity index (χ0) is 23.3. The van der Waals surface area contributed by atoms with Crippen molar-refractivity contribution in [2.75, 3.05) is 11.1 Å². The Kier molecular flexibility index (Phi) is 7.23. The molecule has 0 spiro atoms. The quantitative estimate of drug-likeness (QED) is 0.356. The molecule has 1 atom stereocenters. The van der Waals surface area contributed by atoms with E-state index in [-0.39, 0.29) is 17.7 Å². The molecule has 4 nitrogen and oxygen atoms in total. The largest absolute Gasteiger partial charge is 0.379 e. The third kappa shape index (κ3) is 5.90. The molecule has 0 aliphatic heterocycles. The number of aryl methyl sites for hydroxylation is 1. The maximum atomic E-state index is 13.7. The highest BCUT2D eigenvalue weighted by molar-refractivity contribution is 7.99. The van der Waals surface area contributed by atoms with Crippen LogP contribution in [0.5, 0.6) is 0 Å². The molecular weight excluding hydrogens is 437 g/mol. The number of nitrogens with one attached hydrogen (secondary N) is 1. The van der Waals surface area contributed by atoms with Gasteiger partial charge in [-0.1, -0.05) is 6.07 Å². The van der Waals surface area contributed by atoms with E-state index in [1.165, 1.54) is 30.3 Å². The number of nitrogens with zero attached hydrogens (tertiary/aromatic N) is 1. The van der Waals surface area contributed by atoms with Gasteiger partial charge in [-0.2, -0.15) is 0 Å². The van der Waals surface area contributed by atoms with Crippen LogP contribution >= 0.6 is 11.8 Å². The first kappa shape index (κ1) is 23.4. The van der Waals surface area contributed by atoms with E-state index < -0.39 is 29.0 Å². The first-order valence-corrected chi connectivity index (χ1v) is 10.5. The van der Waals surface area contributed by atoms with Gasteiger partial charge in [-0.25, -0.2) is 18.0 Å². The van der Waals surface area contributed by atoms with Crippen LogP contribution in [0.3, 0.4) is 0 Å². The number of thioether (sulfide) groups is 1. The normalized spacial score (nSPS) is 12.6. The Bertz CT molecular complexity index is 1160. The van der Waals surface area contributed by atoms with Gasteiger partial charge in [0.15, 0.2) is 11.3 Å². The summed E-state index contributed by atoms with van der Waals surface area (Å²) in [6, 6.07) is 13.0. The molecule has 0 radical (unpaired) electrons. The predicted octanol–water partition coefficient (Wildman–Crippen LogP) is 5.67. The molecule has 0 fully saturated rings. The summed E-state index contributed by atoms with van der Waals surface area (Å²) in [4.78, 5) is 17.0. The zero-order valence-electron chi connectivity index (χ0n) is 17.0. The highest BCUT2D eigenvalue weighted by Gasteiger charge is 2.37. The topological polar surface area (TPSA) is 53.7 Å². The lowest BCUT2D eigenvalue weighted by atomic mass is 9.95. The van der Waals surface area contributed by atoms with Gasteiger partial charge in [0.2, 0.25) is 0 Å². The average molecular weight is 456 g/mol. The van der Waals surface area contributed by atoms with Crippen LogP contribution in [0.4, 0.5) is 24.5 Å². The second kappa shape index (κ2) is 9.90. The van der Waals surface area contributed by atoms with Crippen molar-refractivity contribution in [3.8, 4) is 0 Å². The Labute approximate surface area is 187 Å². The fourth-order valence-electron chi connectivity index (χ4n) is 3.09. The summed E-state index contributed by atoms with van der Waals surface area (Å²) in [5, 5.41) is 13.9. The smallest absolute Gasteiger partial charge is 0.257 e. The number of amides is 1. The Balaban J connectivity index is 1.87. The highest BCUT2D eigenvalue weighted by Crippen LogP contribution is 2.28. The van der Waals surface area contributed by atoms with Crippen LogP contribution in [-0.4, -0.2) is 22.4 Å². The second-order valence-electron chi connectivity index (χ2n) is 7.30. The van der Waals surface area contributed by atoms with Crippen molar-refractivity contribution in [3.05, 3.63) is 101 Å². The summed E-state index contributed by atoms with van der Waals surface area (Å²) in [5.41, 5.74) is -0.476. The monoisotopic (exact) mass is 456 g/mol. The van der Waals surface area contributed by atoms with E-state index in [9.17, 15) is 23.1 Å². The van der Waals surface area contributed by atoms with Gasteiger partial charge in [-0.3, -0.25) is 4.79 Å². The molecule has 2 N–H and O–H groups in total. The number of hydrogen-bond acceptors (Lipinski definition) is 3. The number of aliphatic hydroxyl groups is 1. The van der Waals surface area contributed by atoms with E-state index in [0.717, 1.165) is 23.9 Å². The molecule has 0 saturated heterocycles. The predicted molar refractivity (Wildman–Crippen MR) is 118 cm³/mol. The highest BCUT2D eigenvalue weighted by atomic mass is 32.2. The molecule has 1 amide bonds. The van der Waals surface area contributed by atoms with Crippen molar-refractivity contribution >= 4 is 29.0 Å². The maximum absolute atomic E-state index is 13.7. The number of hydrogen-bond donors (Lipinski definition) is 2. The molecule has 0 heterocycles. The zero-order valence-corrected chi connectivity index (χ0v) is 17.8. The number of carbonyl (C=O) groups is 1. The van der Waals surface area contributed by atoms with Gasteiger partial charge in [0, 0.05) is 28.8 Å². The van der Waals surface area contributed by atoms with E-state index in [1.807, 2.05) is 0 Å². The minimum absolute atomic E-state index is 0.111. The molecule has 0 saturated carbocycles. The van der Waals surface area contributed by atoms with Crippen LogP contribution in [0.1, 0.15) is 11.1 Å². The molecule has 164 valence electrons. The van der Waals surface area contributed by atoms with Crippen LogP contribution in [-0.2, 0) is 11.2 Å². The van der Waals surface area contributed by atoms with Gasteiger partial charge in [0.25, 0.3) is 5.91 Å². The van der Waals surface area contributed by atoms with Crippen molar-refractivity contribution in [1.82, 2.24) is 0 Å². The molecule has 3 rings (SSSR count). The summed E-state index contributed by atoms with van der Waals surface area (Å²) >= 11 is 1.11. The third-order valence-corrected chi connectivity index (χ3v) is 5.94. The minimum atomic E-state index is -2.04. The van der Waals surface area contributed by atoms with Crippen LogP contribution in [0, 0.1) is 30.9 Å². The van der Waals surface area contributed by atoms with E-state index in [2.05, 4.69) is 10.2 Å². The average Bonchev–Trinajstić information content (AvgIpc) is 2.73. The van der Waals surface area contributed by atoms with E-state index in [1.54, 1.807) is 19.1 Å². The molecular formula is C24H19F3N2O2S. The number of benzene rings is 3. The lowest BCUT2D eigenvalue weighted by molar-refractivity contribution is -0.131. The maximum Gasteiger partial charge on any atom is 0.257 e. The van der Waals surface area contributed by atoms with E-state index >= 15 is 0 Å². The number of rotatable bonds is 7. The number of halogens is 3. The van der Waals surface area contributed by atoms with Gasteiger partial charge in [-0.15, -0.1) is 11.8 Å². The first-order chi connectivity index (χ1) is 15.2. The summed E-state index contributed by atoms with van der Waals surface area (Å²) in [6.45, 7) is 8.83. The number of anilines is 1. The molecule has 32 heavy (non-hydrogen) atoms. The minimum Gasteiger partial charge on any atom is -0.379 e. The van der Waals surface area contributed by atoms with Crippen molar-refractivity contribution in [2.24, 2.45) is 0 Å². The van der Waals surface area contributed by atoms with E-state index in [0.29, 0.717) is 27.9 Å². The van der Waals surface area contributed by atoms with Gasteiger partial charge in [0.05, 0.1) is 6.57 Å². The molecule has 0 unspecified atom stereocenters. The molecule has 8 heteroatoms. The van der Waals surface area contributed by atoms with Gasteiger partial charge < -0.3 is 10.4 Å². The Morgan fingerprint density at radius 3 is 2.28 bits per heavy atom. The molecule has 0 aromatic heterocycles. The Hall–Kier alpha value is -3.28. The lowest BCUT2D eigenvalue weighted by Gasteiger charge is -2.27. The summed E-state index contributed by atoms with van der Waals surface area (Å²) in [6.07, 6.45) is -0.346. The fraction of sp³-hybridized carbons (Fsp3) is 0.167. The van der Waals surface area contributed by atoms with Gasteiger partial charge in [0.1, 0.15) is 17.5 Å². The third-order valence-electron chi connectivity index (χ3n) is 4.71. The first-order valence-electron chi connectivity index (χ1n) is 9.54. The summed E-state index contributed by atoms with van der Waals surface area (Å²) in [5.74, 6) is -2.98. The van der Waals surface area contributed by atoms with E-state index in [4.69, 9.17) is 6.57 Å². The van der Waals surface area contributed by atoms with Crippen molar-refractivity contribution in [3.63, 3.8) is 0 Å². The molecule has 0 bridgehead atoms. The molecule has 0 aliphatic carbocycles. The van der Waals surface area contributed by atoms with Crippen molar-refractivity contribution in [2.45, 2.75) is 23.8 Å².